The Bertz CT molecular complexity index is 1440. The van der Waals surface area contributed by atoms with Gasteiger partial charge in [-0.15, -0.1) is 11.3 Å². The summed E-state index contributed by atoms with van der Waals surface area (Å²) in [7, 11) is 0. The summed E-state index contributed by atoms with van der Waals surface area (Å²) in [6.07, 6.45) is 1.69. The number of esters is 1. The molecule has 0 amide bonds. The van der Waals surface area contributed by atoms with Crippen molar-refractivity contribution in [2.24, 2.45) is 10.4 Å². The number of hydrogen-bond donors (Lipinski definition) is 2. The zero-order valence-corrected chi connectivity index (χ0v) is 25.7. The van der Waals surface area contributed by atoms with Crippen LogP contribution in [0.1, 0.15) is 42.9 Å². The zero-order valence-electron chi connectivity index (χ0n) is 24.1. The summed E-state index contributed by atoms with van der Waals surface area (Å²) in [4.78, 5) is 40.9. The molecule has 0 aliphatic carbocycles. The van der Waals surface area contributed by atoms with Crippen LogP contribution in [0.15, 0.2) is 46.0 Å². The molecule has 1 aromatic heterocycles. The minimum atomic E-state index is -0.931. The second kappa shape index (κ2) is 12.1. The summed E-state index contributed by atoms with van der Waals surface area (Å²) in [5.74, 6) is -1.21. The van der Waals surface area contributed by atoms with Gasteiger partial charge >= 0.3 is 11.9 Å². The Morgan fingerprint density at radius 2 is 2.07 bits per heavy atom. The molecule has 13 heteroatoms. The van der Waals surface area contributed by atoms with Gasteiger partial charge in [-0.2, -0.15) is 0 Å². The van der Waals surface area contributed by atoms with Gasteiger partial charge in [0.15, 0.2) is 16.0 Å². The number of nitrogens with zero attached hydrogens (tertiary/aromatic N) is 5. The van der Waals surface area contributed by atoms with E-state index in [9.17, 15) is 19.1 Å². The van der Waals surface area contributed by atoms with Gasteiger partial charge in [-0.1, -0.05) is 12.1 Å². The van der Waals surface area contributed by atoms with Crippen molar-refractivity contribution in [1.29, 1.82) is 0 Å². The van der Waals surface area contributed by atoms with Crippen molar-refractivity contribution in [3.8, 4) is 0 Å². The van der Waals surface area contributed by atoms with Crippen LogP contribution >= 0.6 is 23.6 Å². The molecule has 4 heterocycles. The Morgan fingerprint density at radius 1 is 1.29 bits per heavy atom. The molecule has 10 nitrogen and oxygen atoms in total. The number of hydrogen-bond acceptors (Lipinski definition) is 9. The molecule has 42 heavy (non-hydrogen) atoms. The molecule has 0 unspecified atom stereocenters. The Labute approximate surface area is 253 Å². The van der Waals surface area contributed by atoms with Gasteiger partial charge in [0.05, 0.1) is 23.6 Å². The van der Waals surface area contributed by atoms with E-state index in [1.54, 1.807) is 46.0 Å². The first-order chi connectivity index (χ1) is 20.0. The highest BCUT2D eigenvalue weighted by Crippen LogP contribution is 2.36. The minimum absolute atomic E-state index is 0.0828. The van der Waals surface area contributed by atoms with Gasteiger partial charge in [0.25, 0.3) is 0 Å². The van der Waals surface area contributed by atoms with Gasteiger partial charge in [0.1, 0.15) is 11.9 Å². The Hall–Kier alpha value is -3.42. The number of carbonyl (C=O) groups excluding carboxylic acids is 1. The van der Waals surface area contributed by atoms with Crippen LogP contribution in [0.5, 0.6) is 0 Å². The van der Waals surface area contributed by atoms with Crippen molar-refractivity contribution >= 4 is 46.4 Å². The van der Waals surface area contributed by atoms with E-state index in [2.05, 4.69) is 20.1 Å². The number of thiazole rings is 1. The van der Waals surface area contributed by atoms with Crippen LogP contribution in [0, 0.1) is 18.2 Å². The van der Waals surface area contributed by atoms with Crippen LogP contribution in [0.2, 0.25) is 0 Å². The molecule has 3 aliphatic rings. The minimum Gasteiger partial charge on any atom is -0.481 e. The first-order valence-corrected chi connectivity index (χ1v) is 15.2. The molecule has 0 spiro atoms. The van der Waals surface area contributed by atoms with E-state index >= 15 is 0 Å². The molecule has 0 saturated carbocycles. The van der Waals surface area contributed by atoms with Gasteiger partial charge in [0, 0.05) is 56.5 Å². The number of nitrogens with one attached hydrogen (secondary N) is 1. The summed E-state index contributed by atoms with van der Waals surface area (Å²) in [6.45, 7) is 10.4. The number of aliphatic imine (C=N–C) groups is 1. The van der Waals surface area contributed by atoms with E-state index < -0.39 is 23.4 Å². The fourth-order valence-electron chi connectivity index (χ4n) is 5.65. The largest absolute Gasteiger partial charge is 0.481 e. The van der Waals surface area contributed by atoms with Crippen molar-refractivity contribution in [3.63, 3.8) is 0 Å². The lowest BCUT2D eigenvalue weighted by atomic mass is 9.92. The molecular formula is C29H35FN6O4S2. The van der Waals surface area contributed by atoms with Crippen LogP contribution in [-0.2, 0) is 14.3 Å². The molecule has 1 aromatic carbocycles. The van der Waals surface area contributed by atoms with Crippen LogP contribution in [0.3, 0.4) is 0 Å². The maximum atomic E-state index is 14.7. The Morgan fingerprint density at radius 3 is 2.76 bits per heavy atom. The van der Waals surface area contributed by atoms with E-state index in [-0.39, 0.29) is 18.5 Å². The summed E-state index contributed by atoms with van der Waals surface area (Å²) in [6, 6.07) is 4.12. The van der Waals surface area contributed by atoms with Crippen LogP contribution < -0.4 is 5.32 Å². The second-order valence-electron chi connectivity index (χ2n) is 11.3. The van der Waals surface area contributed by atoms with Gasteiger partial charge in [-0.05, 0) is 57.1 Å². The van der Waals surface area contributed by atoms with Crippen molar-refractivity contribution in [1.82, 2.24) is 25.0 Å². The third-order valence-electron chi connectivity index (χ3n) is 7.92. The van der Waals surface area contributed by atoms with Gasteiger partial charge in [-0.25, -0.2) is 14.2 Å². The molecule has 2 fully saturated rings. The van der Waals surface area contributed by atoms with Gasteiger partial charge in [-0.3, -0.25) is 14.7 Å². The molecule has 5 rings (SSSR count). The van der Waals surface area contributed by atoms with Crippen molar-refractivity contribution in [3.05, 3.63) is 63.0 Å². The first kappa shape index (κ1) is 30.1. The molecular weight excluding hydrogens is 579 g/mol. The predicted octanol–water partition coefficient (Wildman–Crippen LogP) is 3.20. The van der Waals surface area contributed by atoms with E-state index in [1.807, 2.05) is 10.3 Å². The number of carbonyl (C=O) groups is 2. The molecule has 224 valence electrons. The number of piperazine rings is 1. The fourth-order valence-corrected chi connectivity index (χ4v) is 6.62. The standard InChI is InChI=1S/C29H35FN6O4S2/c1-5-40-26(37)22-21(15-34-10-11-36-18(13-34)14-35(28(36)41)16-29(3,4)27(38)39)32-24(25-31-9-12-42-25)33-23(22)19-7-6-8-20(30)17(19)2/h6-9,12,18,23H,5,10-11,13-16H2,1-4H3,(H,32,33)(H,38,39)/t18-,23+/m1/s1. The number of rotatable bonds is 9. The number of amidine groups is 1. The number of fused-ring (bicyclic) bond motifs is 1. The lowest BCUT2D eigenvalue weighted by Gasteiger charge is -2.38. The second-order valence-corrected chi connectivity index (χ2v) is 12.6. The Balaban J connectivity index is 1.45. The topological polar surface area (TPSA) is 111 Å². The number of carboxylic acid groups (broad SMARTS) is 1. The monoisotopic (exact) mass is 614 g/mol. The van der Waals surface area contributed by atoms with E-state index in [1.165, 1.54) is 17.4 Å². The number of thiocarbonyl (C=S) groups is 1. The molecule has 2 aromatic rings. The molecule has 0 bridgehead atoms. The highest BCUT2D eigenvalue weighted by Gasteiger charge is 2.42. The molecule has 3 aliphatic heterocycles. The third kappa shape index (κ3) is 5.90. The highest BCUT2D eigenvalue weighted by atomic mass is 32.1. The Kier molecular flexibility index (Phi) is 8.63. The summed E-state index contributed by atoms with van der Waals surface area (Å²) in [5, 5.41) is 16.2. The summed E-state index contributed by atoms with van der Waals surface area (Å²) < 4.78 is 20.2. The van der Waals surface area contributed by atoms with Gasteiger partial charge in [0.2, 0.25) is 0 Å². The van der Waals surface area contributed by atoms with E-state index in [4.69, 9.17) is 21.9 Å². The quantitative estimate of drug-likeness (QED) is 0.323. The lowest BCUT2D eigenvalue weighted by Crippen LogP contribution is -2.53. The maximum absolute atomic E-state index is 14.7. The van der Waals surface area contributed by atoms with Gasteiger partial charge < -0.3 is 25.0 Å². The molecule has 0 radical (unpaired) electrons. The molecule has 2 N–H and O–H groups in total. The number of benzene rings is 1. The van der Waals surface area contributed by atoms with Crippen LogP contribution in [-0.4, -0.2) is 99.6 Å². The first-order valence-electron chi connectivity index (χ1n) is 13.9. The normalized spacial score (nSPS) is 21.3. The zero-order chi connectivity index (χ0) is 30.2. The SMILES string of the molecule is CCOC(=O)C1=C(CN2CCN3C(=S)N(CC(C)(C)C(=O)O)C[C@H]3C2)NC(c2nccs2)=N[C@H]1c1cccc(F)c1C. The number of ether oxygens (including phenoxy) is 1. The average molecular weight is 615 g/mol. The number of carboxylic acids is 1. The molecule has 2 saturated heterocycles. The predicted molar refractivity (Wildman–Crippen MR) is 162 cm³/mol. The number of aromatic nitrogens is 1. The smallest absolute Gasteiger partial charge is 0.338 e. The van der Waals surface area contributed by atoms with E-state index in [0.717, 1.165) is 0 Å². The average Bonchev–Trinajstić information content (AvgIpc) is 3.58. The summed E-state index contributed by atoms with van der Waals surface area (Å²) in [5.41, 5.74) is 1.07. The van der Waals surface area contributed by atoms with Crippen LogP contribution in [0.4, 0.5) is 4.39 Å². The summed E-state index contributed by atoms with van der Waals surface area (Å²) >= 11 is 7.16. The molecule has 2 atom stereocenters. The van der Waals surface area contributed by atoms with Crippen molar-refractivity contribution in [2.45, 2.75) is 39.8 Å². The van der Waals surface area contributed by atoms with Crippen LogP contribution in [0.25, 0.3) is 0 Å². The number of halogens is 1. The number of aliphatic carboxylic acids is 1. The third-order valence-corrected chi connectivity index (χ3v) is 9.19. The fraction of sp³-hybridized carbons (Fsp3) is 0.483. The lowest BCUT2D eigenvalue weighted by molar-refractivity contribution is -0.147. The highest BCUT2D eigenvalue weighted by molar-refractivity contribution is 7.80. The van der Waals surface area contributed by atoms with E-state index in [0.29, 0.717) is 77.6 Å². The van der Waals surface area contributed by atoms with Crippen molar-refractivity contribution < 1.29 is 23.8 Å². The maximum Gasteiger partial charge on any atom is 0.338 e. The van der Waals surface area contributed by atoms with Crippen molar-refractivity contribution in [2.75, 3.05) is 45.9 Å².